The molecule has 0 unspecified atom stereocenters. The third-order valence-electron chi connectivity index (χ3n) is 3.13. The maximum atomic E-state index is 10.4. The van der Waals surface area contributed by atoms with Gasteiger partial charge in [0.25, 0.3) is 0 Å². The van der Waals surface area contributed by atoms with Crippen molar-refractivity contribution in [2.24, 2.45) is 5.92 Å². The molecule has 0 radical (unpaired) electrons. The van der Waals surface area contributed by atoms with E-state index in [0.29, 0.717) is 5.92 Å². The summed E-state index contributed by atoms with van der Waals surface area (Å²) in [4.78, 5) is 10.3. The minimum Gasteiger partial charge on any atom is -0.265 e. The van der Waals surface area contributed by atoms with Crippen molar-refractivity contribution in [3.05, 3.63) is 10.1 Å². The van der Waals surface area contributed by atoms with Crippen LogP contribution >= 0.6 is 0 Å². The van der Waals surface area contributed by atoms with E-state index in [0.717, 1.165) is 12.8 Å². The Hall–Kier alpha value is -0.600. The summed E-state index contributed by atoms with van der Waals surface area (Å²) >= 11 is 0. The van der Waals surface area contributed by atoms with E-state index in [1.54, 1.807) is 0 Å². The molecule has 3 heteroatoms. The number of hydrogen-bond acceptors (Lipinski definition) is 2. The van der Waals surface area contributed by atoms with Crippen molar-refractivity contribution in [1.29, 1.82) is 0 Å². The summed E-state index contributed by atoms with van der Waals surface area (Å²) in [6.07, 6.45) is 11.1. The van der Waals surface area contributed by atoms with Gasteiger partial charge in [0, 0.05) is 10.8 Å². The fraction of sp³-hybridized carbons (Fsp3) is 1.00. The van der Waals surface area contributed by atoms with Crippen LogP contribution in [0.4, 0.5) is 0 Å². The second kappa shape index (κ2) is 6.80. The summed E-state index contributed by atoms with van der Waals surface area (Å²) < 4.78 is 0. The standard InChI is InChI=1S/C11H21NO2/c13-12(14)10-11-8-6-4-2-1-3-5-7-9-11/h11H,1-10H2. The minimum absolute atomic E-state index is 0.142. The molecule has 0 spiro atoms. The van der Waals surface area contributed by atoms with Gasteiger partial charge in [0.1, 0.15) is 0 Å². The predicted octanol–water partition coefficient (Wildman–Crippen LogP) is 3.40. The van der Waals surface area contributed by atoms with Gasteiger partial charge in [-0.25, -0.2) is 0 Å². The highest BCUT2D eigenvalue weighted by atomic mass is 16.6. The lowest BCUT2D eigenvalue weighted by molar-refractivity contribution is -0.488. The minimum atomic E-state index is -0.142. The molecule has 0 aromatic rings. The van der Waals surface area contributed by atoms with Gasteiger partial charge in [-0.15, -0.1) is 0 Å². The Morgan fingerprint density at radius 2 is 1.36 bits per heavy atom. The topological polar surface area (TPSA) is 43.1 Å². The van der Waals surface area contributed by atoms with E-state index in [1.165, 1.54) is 44.9 Å². The van der Waals surface area contributed by atoms with Crippen LogP contribution in [-0.2, 0) is 0 Å². The van der Waals surface area contributed by atoms with Gasteiger partial charge in [-0.3, -0.25) is 10.1 Å². The van der Waals surface area contributed by atoms with E-state index in [4.69, 9.17) is 0 Å². The molecule has 1 aliphatic rings. The summed E-state index contributed by atoms with van der Waals surface area (Å²) in [5.41, 5.74) is 0. The Kier molecular flexibility index (Phi) is 5.57. The van der Waals surface area contributed by atoms with Gasteiger partial charge >= 0.3 is 0 Å². The SMILES string of the molecule is O=[N+]([O-])CC1CCCCCCCCC1. The van der Waals surface area contributed by atoms with Gasteiger partial charge in [0.2, 0.25) is 6.54 Å². The van der Waals surface area contributed by atoms with E-state index in [-0.39, 0.29) is 11.5 Å². The maximum absolute atomic E-state index is 10.4. The van der Waals surface area contributed by atoms with Crippen LogP contribution in [0.25, 0.3) is 0 Å². The van der Waals surface area contributed by atoms with E-state index < -0.39 is 0 Å². The zero-order valence-electron chi connectivity index (χ0n) is 8.91. The first-order valence-electron chi connectivity index (χ1n) is 5.91. The first kappa shape index (κ1) is 11.5. The molecular weight excluding hydrogens is 178 g/mol. The van der Waals surface area contributed by atoms with E-state index in [9.17, 15) is 10.1 Å². The number of hydrogen-bond donors (Lipinski definition) is 0. The van der Waals surface area contributed by atoms with Crippen LogP contribution < -0.4 is 0 Å². The largest absolute Gasteiger partial charge is 0.265 e. The summed E-state index contributed by atoms with van der Waals surface area (Å²) in [5, 5.41) is 10.4. The van der Waals surface area contributed by atoms with Crippen molar-refractivity contribution in [1.82, 2.24) is 0 Å². The molecule has 0 atom stereocenters. The number of nitro groups is 1. The lowest BCUT2D eigenvalue weighted by atomic mass is 9.92. The van der Waals surface area contributed by atoms with Crippen LogP contribution in [0, 0.1) is 16.0 Å². The van der Waals surface area contributed by atoms with Gasteiger partial charge in [-0.05, 0) is 12.8 Å². The molecule has 82 valence electrons. The zero-order valence-corrected chi connectivity index (χ0v) is 8.91. The lowest BCUT2D eigenvalue weighted by Gasteiger charge is -2.14. The Bertz CT molecular complexity index is 161. The molecule has 0 N–H and O–H groups in total. The smallest absolute Gasteiger partial charge is 0.206 e. The first-order valence-corrected chi connectivity index (χ1v) is 5.91. The summed E-state index contributed by atoms with van der Waals surface area (Å²) in [5.74, 6) is 0.350. The quantitative estimate of drug-likeness (QED) is 0.505. The van der Waals surface area contributed by atoms with Gasteiger partial charge in [-0.2, -0.15) is 0 Å². The van der Waals surface area contributed by atoms with E-state index in [1.807, 2.05) is 0 Å². The monoisotopic (exact) mass is 199 g/mol. The molecule has 1 saturated carbocycles. The van der Waals surface area contributed by atoms with Crippen LogP contribution in [-0.4, -0.2) is 11.5 Å². The Morgan fingerprint density at radius 3 is 1.79 bits per heavy atom. The highest BCUT2D eigenvalue weighted by Crippen LogP contribution is 2.21. The Morgan fingerprint density at radius 1 is 0.929 bits per heavy atom. The number of nitrogens with zero attached hydrogens (tertiary/aromatic N) is 1. The Balaban J connectivity index is 2.26. The fourth-order valence-electron chi connectivity index (χ4n) is 2.29. The molecule has 0 saturated heterocycles. The highest BCUT2D eigenvalue weighted by molar-refractivity contribution is 4.61. The van der Waals surface area contributed by atoms with Crippen LogP contribution in [0.5, 0.6) is 0 Å². The fourth-order valence-corrected chi connectivity index (χ4v) is 2.29. The summed E-state index contributed by atoms with van der Waals surface area (Å²) in [6, 6.07) is 0. The molecule has 0 heterocycles. The second-order valence-corrected chi connectivity index (χ2v) is 4.43. The maximum Gasteiger partial charge on any atom is 0.206 e. The molecule has 0 aromatic carbocycles. The summed E-state index contributed by atoms with van der Waals surface area (Å²) in [6.45, 7) is 0.194. The summed E-state index contributed by atoms with van der Waals surface area (Å²) in [7, 11) is 0. The highest BCUT2D eigenvalue weighted by Gasteiger charge is 2.15. The molecule has 0 aromatic heterocycles. The number of rotatable bonds is 2. The van der Waals surface area contributed by atoms with Crippen molar-refractivity contribution in [3.63, 3.8) is 0 Å². The zero-order chi connectivity index (χ0) is 10.2. The lowest BCUT2D eigenvalue weighted by Crippen LogP contribution is -2.14. The molecule has 0 amide bonds. The van der Waals surface area contributed by atoms with Crippen molar-refractivity contribution in [3.8, 4) is 0 Å². The van der Waals surface area contributed by atoms with Crippen molar-refractivity contribution >= 4 is 0 Å². The molecule has 1 rings (SSSR count). The van der Waals surface area contributed by atoms with Gasteiger partial charge < -0.3 is 0 Å². The van der Waals surface area contributed by atoms with Crippen LogP contribution in [0.1, 0.15) is 57.8 Å². The van der Waals surface area contributed by atoms with Gasteiger partial charge in [0.05, 0.1) is 0 Å². The molecular formula is C11H21NO2. The molecule has 3 nitrogen and oxygen atoms in total. The molecule has 1 aliphatic carbocycles. The third-order valence-corrected chi connectivity index (χ3v) is 3.13. The third kappa shape index (κ3) is 5.20. The van der Waals surface area contributed by atoms with E-state index in [2.05, 4.69) is 0 Å². The van der Waals surface area contributed by atoms with Crippen molar-refractivity contribution in [2.45, 2.75) is 57.8 Å². The normalized spacial score (nSPS) is 21.7. The first-order chi connectivity index (χ1) is 6.79. The molecule has 0 bridgehead atoms. The average molecular weight is 199 g/mol. The second-order valence-electron chi connectivity index (χ2n) is 4.43. The Labute approximate surface area is 86.0 Å². The van der Waals surface area contributed by atoms with Crippen LogP contribution in [0.2, 0.25) is 0 Å². The molecule has 14 heavy (non-hydrogen) atoms. The van der Waals surface area contributed by atoms with Crippen molar-refractivity contribution in [2.75, 3.05) is 6.54 Å². The van der Waals surface area contributed by atoms with Gasteiger partial charge in [0.15, 0.2) is 0 Å². The van der Waals surface area contributed by atoms with E-state index >= 15 is 0 Å². The van der Waals surface area contributed by atoms with Gasteiger partial charge in [-0.1, -0.05) is 44.9 Å². The molecule has 0 aliphatic heterocycles. The van der Waals surface area contributed by atoms with Crippen LogP contribution in [0.3, 0.4) is 0 Å². The molecule has 1 fully saturated rings. The average Bonchev–Trinajstić information content (AvgIpc) is 2.15. The van der Waals surface area contributed by atoms with Crippen molar-refractivity contribution < 1.29 is 4.92 Å². The van der Waals surface area contributed by atoms with Crippen LogP contribution in [0.15, 0.2) is 0 Å². The predicted molar refractivity (Wildman–Crippen MR) is 56.9 cm³/mol.